The minimum atomic E-state index is -0.819. The first-order valence-corrected chi connectivity index (χ1v) is 11.5. The summed E-state index contributed by atoms with van der Waals surface area (Å²) in [6.07, 6.45) is 2.02. The summed E-state index contributed by atoms with van der Waals surface area (Å²) in [6, 6.07) is 14.6. The molecule has 0 saturated carbocycles. The molecule has 0 spiro atoms. The monoisotopic (exact) mass is 461 g/mol. The summed E-state index contributed by atoms with van der Waals surface area (Å²) in [5, 5.41) is 29.7. The van der Waals surface area contributed by atoms with Crippen LogP contribution in [0.25, 0.3) is 11.4 Å². The van der Waals surface area contributed by atoms with Gasteiger partial charge in [0.1, 0.15) is 5.75 Å². The van der Waals surface area contributed by atoms with Crippen LogP contribution in [0.4, 0.5) is 11.9 Å². The number of phenolic OH excluding ortho intramolecular Hbond substituents is 1. The Morgan fingerprint density at radius 3 is 2.59 bits per heavy atom. The third-order valence-electron chi connectivity index (χ3n) is 6.59. The van der Waals surface area contributed by atoms with E-state index in [0.717, 1.165) is 12.0 Å². The fourth-order valence-electron chi connectivity index (χ4n) is 4.74. The molecule has 3 aromatic rings. The van der Waals surface area contributed by atoms with E-state index in [0.29, 0.717) is 55.8 Å². The maximum atomic E-state index is 11.6. The number of phenols is 1. The Balaban J connectivity index is 1.58. The molecule has 1 fully saturated rings. The van der Waals surface area contributed by atoms with Crippen molar-refractivity contribution < 1.29 is 20.1 Å². The number of piperidine rings is 1. The van der Waals surface area contributed by atoms with Crippen molar-refractivity contribution in [1.82, 2.24) is 15.0 Å². The summed E-state index contributed by atoms with van der Waals surface area (Å²) >= 11 is 0. The number of aromatic hydroxyl groups is 1. The summed E-state index contributed by atoms with van der Waals surface area (Å²) < 4.78 is 0. The molecule has 5 rings (SSSR count). The average Bonchev–Trinajstić information content (AvgIpc) is 2.87. The molecule has 3 heterocycles. The smallest absolute Gasteiger partial charge is 0.308 e. The normalized spacial score (nSPS) is 20.1. The van der Waals surface area contributed by atoms with Gasteiger partial charge in [-0.15, -0.1) is 0 Å². The van der Waals surface area contributed by atoms with Crippen molar-refractivity contribution in [2.45, 2.75) is 31.8 Å². The van der Waals surface area contributed by atoms with Gasteiger partial charge in [0.05, 0.1) is 18.6 Å². The number of benzene rings is 2. The molecule has 0 radical (unpaired) electrons. The molecule has 176 valence electrons. The lowest BCUT2D eigenvalue weighted by Crippen LogP contribution is -2.44. The van der Waals surface area contributed by atoms with E-state index in [1.165, 1.54) is 5.56 Å². The molecule has 9 nitrogen and oxygen atoms in total. The Morgan fingerprint density at radius 1 is 1.03 bits per heavy atom. The van der Waals surface area contributed by atoms with Gasteiger partial charge in [-0.25, -0.2) is 0 Å². The first-order valence-electron chi connectivity index (χ1n) is 11.5. The lowest BCUT2D eigenvalue weighted by molar-refractivity contribution is -0.141. The van der Waals surface area contributed by atoms with E-state index in [-0.39, 0.29) is 18.4 Å². The molecule has 2 aromatic carbocycles. The molecule has 1 saturated heterocycles. The van der Waals surface area contributed by atoms with Crippen molar-refractivity contribution in [2.24, 2.45) is 5.92 Å². The largest absolute Gasteiger partial charge is 0.508 e. The molecule has 2 aliphatic heterocycles. The molecule has 2 aliphatic rings. The number of rotatable bonds is 5. The van der Waals surface area contributed by atoms with Gasteiger partial charge in [0.15, 0.2) is 5.82 Å². The number of aliphatic hydroxyl groups excluding tert-OH is 1. The maximum absolute atomic E-state index is 11.6. The standard InChI is InChI=1S/C25H27N5O4/c31-15-20-11-16-5-1-2-6-18(16)14-30(20)25-27-22(17-7-3-9-21(32)12-17)26-24(28-25)29-10-4-8-19(13-29)23(33)34/h1-3,5-7,9,12,19-20,31-32H,4,8,10-11,13-15H2,(H,33,34)/t19?,20-/m1/s1. The number of aliphatic carboxylic acids is 1. The summed E-state index contributed by atoms with van der Waals surface area (Å²) in [5.41, 5.74) is 2.98. The molecular formula is C25H27N5O4. The Morgan fingerprint density at radius 2 is 1.82 bits per heavy atom. The van der Waals surface area contributed by atoms with Gasteiger partial charge in [-0.05, 0) is 42.5 Å². The third kappa shape index (κ3) is 4.38. The molecule has 1 aromatic heterocycles. The molecule has 9 heteroatoms. The fourth-order valence-corrected chi connectivity index (χ4v) is 4.74. The summed E-state index contributed by atoms with van der Waals surface area (Å²) in [5.74, 6) is 0.0264. The minimum Gasteiger partial charge on any atom is -0.508 e. The number of hydrogen-bond donors (Lipinski definition) is 3. The molecule has 0 aliphatic carbocycles. The van der Waals surface area contributed by atoms with Crippen molar-refractivity contribution in [3.8, 4) is 17.1 Å². The van der Waals surface area contributed by atoms with Crippen LogP contribution in [-0.4, -0.2) is 62.0 Å². The molecule has 2 atom stereocenters. The van der Waals surface area contributed by atoms with Crippen LogP contribution in [-0.2, 0) is 17.8 Å². The van der Waals surface area contributed by atoms with Gasteiger partial charge >= 0.3 is 5.97 Å². The second-order valence-corrected chi connectivity index (χ2v) is 8.87. The van der Waals surface area contributed by atoms with E-state index in [1.807, 2.05) is 28.0 Å². The molecule has 1 unspecified atom stereocenters. The van der Waals surface area contributed by atoms with E-state index >= 15 is 0 Å². The Labute approximate surface area is 197 Å². The van der Waals surface area contributed by atoms with Crippen molar-refractivity contribution in [2.75, 3.05) is 29.5 Å². The van der Waals surface area contributed by atoms with Crippen molar-refractivity contribution >= 4 is 17.9 Å². The molecule has 0 amide bonds. The molecule has 0 bridgehead atoms. The second kappa shape index (κ2) is 9.26. The highest BCUT2D eigenvalue weighted by atomic mass is 16.4. The van der Waals surface area contributed by atoms with E-state index in [2.05, 4.69) is 17.1 Å². The summed E-state index contributed by atoms with van der Waals surface area (Å²) in [6.45, 7) is 1.47. The van der Waals surface area contributed by atoms with Crippen LogP contribution < -0.4 is 9.80 Å². The van der Waals surface area contributed by atoms with Crippen molar-refractivity contribution in [3.05, 3.63) is 59.7 Å². The second-order valence-electron chi connectivity index (χ2n) is 8.87. The van der Waals surface area contributed by atoms with E-state index < -0.39 is 11.9 Å². The summed E-state index contributed by atoms with van der Waals surface area (Å²) in [7, 11) is 0. The SMILES string of the molecule is O=C(O)C1CCCN(c2nc(-c3cccc(O)c3)nc(N3Cc4ccccc4C[C@@H]3CO)n2)C1. The van der Waals surface area contributed by atoms with Crippen LogP contribution >= 0.6 is 0 Å². The fraction of sp³-hybridized carbons (Fsp3) is 0.360. The maximum Gasteiger partial charge on any atom is 0.308 e. The third-order valence-corrected chi connectivity index (χ3v) is 6.59. The number of fused-ring (bicyclic) bond motifs is 1. The molecule has 34 heavy (non-hydrogen) atoms. The van der Waals surface area contributed by atoms with Crippen LogP contribution in [0.5, 0.6) is 5.75 Å². The van der Waals surface area contributed by atoms with Crippen molar-refractivity contribution in [3.63, 3.8) is 0 Å². The van der Waals surface area contributed by atoms with Crippen LogP contribution in [0.1, 0.15) is 24.0 Å². The minimum absolute atomic E-state index is 0.0540. The quantitative estimate of drug-likeness (QED) is 0.526. The van der Waals surface area contributed by atoms with Crippen LogP contribution in [0.2, 0.25) is 0 Å². The summed E-state index contributed by atoms with van der Waals surface area (Å²) in [4.78, 5) is 29.7. The van der Waals surface area contributed by atoms with E-state index in [9.17, 15) is 20.1 Å². The predicted molar refractivity (Wildman–Crippen MR) is 127 cm³/mol. The van der Waals surface area contributed by atoms with E-state index in [4.69, 9.17) is 9.97 Å². The zero-order valence-electron chi connectivity index (χ0n) is 18.7. The number of carboxylic acids is 1. The van der Waals surface area contributed by atoms with Crippen molar-refractivity contribution in [1.29, 1.82) is 0 Å². The highest BCUT2D eigenvalue weighted by Gasteiger charge is 2.31. The zero-order chi connectivity index (χ0) is 23.7. The van der Waals surface area contributed by atoms with Crippen LogP contribution in [0.3, 0.4) is 0 Å². The number of hydrogen-bond acceptors (Lipinski definition) is 8. The Kier molecular flexibility index (Phi) is 6.02. The van der Waals surface area contributed by atoms with Gasteiger partial charge < -0.3 is 25.1 Å². The number of aliphatic hydroxyl groups is 1. The van der Waals surface area contributed by atoms with E-state index in [1.54, 1.807) is 18.2 Å². The molecule has 3 N–H and O–H groups in total. The number of nitrogens with zero attached hydrogens (tertiary/aromatic N) is 5. The highest BCUT2D eigenvalue weighted by Crippen LogP contribution is 2.31. The first-order chi connectivity index (χ1) is 16.5. The van der Waals surface area contributed by atoms with Crippen LogP contribution in [0, 0.1) is 5.92 Å². The highest BCUT2D eigenvalue weighted by molar-refractivity contribution is 5.71. The van der Waals surface area contributed by atoms with Gasteiger partial charge in [0, 0.05) is 25.2 Å². The Bertz CT molecular complexity index is 1200. The van der Waals surface area contributed by atoms with Gasteiger partial charge in [0.25, 0.3) is 0 Å². The zero-order valence-corrected chi connectivity index (χ0v) is 18.7. The number of carbonyl (C=O) groups is 1. The van der Waals surface area contributed by atoms with Gasteiger partial charge in [-0.3, -0.25) is 4.79 Å². The van der Waals surface area contributed by atoms with Gasteiger partial charge in [-0.2, -0.15) is 15.0 Å². The predicted octanol–water partition coefficient (Wildman–Crippen LogP) is 2.47. The Hall–Kier alpha value is -3.72. The topological polar surface area (TPSA) is 123 Å². The van der Waals surface area contributed by atoms with Gasteiger partial charge in [-0.1, -0.05) is 36.4 Å². The van der Waals surface area contributed by atoms with Crippen LogP contribution in [0.15, 0.2) is 48.5 Å². The lowest BCUT2D eigenvalue weighted by Gasteiger charge is -2.37. The molecular weight excluding hydrogens is 434 g/mol. The number of carboxylic acid groups (broad SMARTS) is 1. The average molecular weight is 462 g/mol. The first kappa shape index (κ1) is 22.1. The number of anilines is 2. The number of aromatic nitrogens is 3. The van der Waals surface area contributed by atoms with Gasteiger partial charge in [0.2, 0.25) is 11.9 Å². The lowest BCUT2D eigenvalue weighted by atomic mass is 9.94.